The molecule has 0 spiro atoms. The van der Waals surface area contributed by atoms with Gasteiger partial charge >= 0.3 is 6.03 Å². The predicted molar refractivity (Wildman–Crippen MR) is 87.0 cm³/mol. The standard InChI is InChI=1S/C17H23N3O2/c1-3-12(2)15-16(21)18-13-8-4-5-9-14(13)20(15)17(22)19-10-6-7-11-19/h4-5,8-9,12,15H,3,6-7,10-11H2,1-2H3,(H,18,21)/t12-,15-/m0/s1. The largest absolute Gasteiger partial charge is 0.325 e. The maximum absolute atomic E-state index is 13.0. The van der Waals surface area contributed by atoms with E-state index >= 15 is 0 Å². The first kappa shape index (κ1) is 14.9. The number of hydrogen-bond donors (Lipinski definition) is 1. The first-order chi connectivity index (χ1) is 10.6. The molecule has 0 bridgehead atoms. The molecule has 0 unspecified atom stereocenters. The van der Waals surface area contributed by atoms with Crippen LogP contribution in [-0.2, 0) is 4.79 Å². The zero-order valence-electron chi connectivity index (χ0n) is 13.2. The number of amides is 3. The van der Waals surface area contributed by atoms with E-state index in [9.17, 15) is 9.59 Å². The van der Waals surface area contributed by atoms with Crippen LogP contribution >= 0.6 is 0 Å². The Morgan fingerprint density at radius 3 is 2.68 bits per heavy atom. The van der Waals surface area contributed by atoms with Crippen molar-refractivity contribution >= 4 is 23.3 Å². The van der Waals surface area contributed by atoms with E-state index in [4.69, 9.17) is 0 Å². The van der Waals surface area contributed by atoms with Crippen LogP contribution in [0.3, 0.4) is 0 Å². The SMILES string of the molecule is CC[C@H](C)[C@H]1C(=O)Nc2ccccc2N1C(=O)N1CCCC1. The van der Waals surface area contributed by atoms with Gasteiger partial charge in [0.25, 0.3) is 0 Å². The van der Waals surface area contributed by atoms with E-state index in [0.717, 1.165) is 43.7 Å². The van der Waals surface area contributed by atoms with Crippen molar-refractivity contribution in [3.05, 3.63) is 24.3 Å². The van der Waals surface area contributed by atoms with Crippen molar-refractivity contribution in [2.45, 2.75) is 39.2 Å². The number of para-hydroxylation sites is 2. The first-order valence-corrected chi connectivity index (χ1v) is 8.11. The Morgan fingerprint density at radius 2 is 2.00 bits per heavy atom. The summed E-state index contributed by atoms with van der Waals surface area (Å²) in [6, 6.07) is 7.08. The van der Waals surface area contributed by atoms with Crippen molar-refractivity contribution in [2.24, 2.45) is 5.92 Å². The van der Waals surface area contributed by atoms with Crippen molar-refractivity contribution in [3.63, 3.8) is 0 Å². The van der Waals surface area contributed by atoms with Crippen LogP contribution in [0.15, 0.2) is 24.3 Å². The zero-order valence-corrected chi connectivity index (χ0v) is 13.2. The normalized spacial score (nSPS) is 22.3. The van der Waals surface area contributed by atoms with E-state index in [1.54, 1.807) is 4.90 Å². The van der Waals surface area contributed by atoms with Crippen LogP contribution in [0, 0.1) is 5.92 Å². The number of fused-ring (bicyclic) bond motifs is 1. The number of urea groups is 1. The highest BCUT2D eigenvalue weighted by Crippen LogP contribution is 2.36. The summed E-state index contributed by atoms with van der Waals surface area (Å²) in [4.78, 5) is 29.2. The van der Waals surface area contributed by atoms with Gasteiger partial charge in [-0.1, -0.05) is 32.4 Å². The van der Waals surface area contributed by atoms with Gasteiger partial charge in [-0.2, -0.15) is 0 Å². The van der Waals surface area contributed by atoms with E-state index in [1.807, 2.05) is 36.1 Å². The minimum atomic E-state index is -0.437. The topological polar surface area (TPSA) is 52.7 Å². The molecular weight excluding hydrogens is 278 g/mol. The Bertz CT molecular complexity index is 581. The summed E-state index contributed by atoms with van der Waals surface area (Å²) in [6.45, 7) is 5.65. The summed E-state index contributed by atoms with van der Waals surface area (Å²) < 4.78 is 0. The van der Waals surface area contributed by atoms with Crippen molar-refractivity contribution in [2.75, 3.05) is 23.3 Å². The molecule has 2 heterocycles. The molecule has 118 valence electrons. The molecule has 1 aromatic carbocycles. The van der Waals surface area contributed by atoms with Gasteiger partial charge < -0.3 is 10.2 Å². The Kier molecular flexibility index (Phi) is 4.05. The molecule has 2 aliphatic rings. The van der Waals surface area contributed by atoms with Crippen LogP contribution < -0.4 is 10.2 Å². The van der Waals surface area contributed by atoms with Crippen molar-refractivity contribution in [3.8, 4) is 0 Å². The average Bonchev–Trinajstić information content (AvgIpc) is 3.06. The Balaban J connectivity index is 2.02. The number of anilines is 2. The summed E-state index contributed by atoms with van der Waals surface area (Å²) in [5.41, 5.74) is 1.53. The van der Waals surface area contributed by atoms with Crippen LogP contribution in [0.1, 0.15) is 33.1 Å². The quantitative estimate of drug-likeness (QED) is 0.912. The fourth-order valence-electron chi connectivity index (χ4n) is 3.28. The van der Waals surface area contributed by atoms with E-state index in [-0.39, 0.29) is 17.9 Å². The number of hydrogen-bond acceptors (Lipinski definition) is 2. The van der Waals surface area contributed by atoms with Crippen LogP contribution in [0.25, 0.3) is 0 Å². The van der Waals surface area contributed by atoms with Gasteiger partial charge in [0.2, 0.25) is 5.91 Å². The van der Waals surface area contributed by atoms with Gasteiger partial charge in [-0.05, 0) is 30.9 Å². The lowest BCUT2D eigenvalue weighted by Gasteiger charge is -2.40. The second-order valence-corrected chi connectivity index (χ2v) is 6.18. The molecule has 0 aromatic heterocycles. The highest BCUT2D eigenvalue weighted by Gasteiger charge is 2.41. The molecule has 3 amide bonds. The smallest absolute Gasteiger partial charge is 0.324 e. The van der Waals surface area contributed by atoms with Gasteiger partial charge in [-0.3, -0.25) is 9.69 Å². The van der Waals surface area contributed by atoms with Gasteiger partial charge in [-0.25, -0.2) is 4.79 Å². The number of nitrogens with zero attached hydrogens (tertiary/aromatic N) is 2. The number of rotatable bonds is 2. The first-order valence-electron chi connectivity index (χ1n) is 8.11. The fraction of sp³-hybridized carbons (Fsp3) is 0.529. The van der Waals surface area contributed by atoms with Crippen molar-refractivity contribution in [1.82, 2.24) is 4.90 Å². The molecule has 1 saturated heterocycles. The van der Waals surface area contributed by atoms with Gasteiger partial charge in [-0.15, -0.1) is 0 Å². The highest BCUT2D eigenvalue weighted by molar-refractivity contribution is 6.11. The molecule has 5 heteroatoms. The number of likely N-dealkylation sites (tertiary alicyclic amines) is 1. The van der Waals surface area contributed by atoms with Crippen LogP contribution in [0.4, 0.5) is 16.2 Å². The zero-order chi connectivity index (χ0) is 15.7. The third-order valence-electron chi connectivity index (χ3n) is 4.73. The fourth-order valence-corrected chi connectivity index (χ4v) is 3.28. The van der Waals surface area contributed by atoms with E-state index in [2.05, 4.69) is 12.2 Å². The Labute approximate surface area is 131 Å². The highest BCUT2D eigenvalue weighted by atomic mass is 16.2. The Morgan fingerprint density at radius 1 is 1.32 bits per heavy atom. The molecule has 0 saturated carbocycles. The van der Waals surface area contributed by atoms with Gasteiger partial charge in [0.15, 0.2) is 0 Å². The lowest BCUT2D eigenvalue weighted by Crippen LogP contribution is -2.57. The molecule has 22 heavy (non-hydrogen) atoms. The summed E-state index contributed by atoms with van der Waals surface area (Å²) in [5, 5.41) is 2.95. The van der Waals surface area contributed by atoms with Crippen LogP contribution in [0.2, 0.25) is 0 Å². The van der Waals surface area contributed by atoms with Crippen molar-refractivity contribution < 1.29 is 9.59 Å². The van der Waals surface area contributed by atoms with E-state index < -0.39 is 6.04 Å². The van der Waals surface area contributed by atoms with Crippen molar-refractivity contribution in [1.29, 1.82) is 0 Å². The third-order valence-corrected chi connectivity index (χ3v) is 4.73. The summed E-state index contributed by atoms with van der Waals surface area (Å²) >= 11 is 0. The lowest BCUT2D eigenvalue weighted by molar-refractivity contribution is -0.118. The number of nitrogens with one attached hydrogen (secondary N) is 1. The summed E-state index contributed by atoms with van der Waals surface area (Å²) in [5.74, 6) is 0.0282. The second-order valence-electron chi connectivity index (χ2n) is 6.18. The molecule has 2 atom stereocenters. The molecule has 3 rings (SSSR count). The summed E-state index contributed by atoms with van der Waals surface area (Å²) in [6.07, 6.45) is 2.94. The van der Waals surface area contributed by atoms with Gasteiger partial charge in [0.1, 0.15) is 6.04 Å². The molecule has 5 nitrogen and oxygen atoms in total. The average molecular weight is 301 g/mol. The monoisotopic (exact) mass is 301 g/mol. The lowest BCUT2D eigenvalue weighted by atomic mass is 9.94. The van der Waals surface area contributed by atoms with Gasteiger partial charge in [0, 0.05) is 13.1 Å². The molecule has 1 aromatic rings. The number of benzene rings is 1. The van der Waals surface area contributed by atoms with Crippen LogP contribution in [0.5, 0.6) is 0 Å². The van der Waals surface area contributed by atoms with Gasteiger partial charge in [0.05, 0.1) is 11.4 Å². The maximum Gasteiger partial charge on any atom is 0.325 e. The van der Waals surface area contributed by atoms with Crippen LogP contribution in [-0.4, -0.2) is 36.0 Å². The molecule has 0 radical (unpaired) electrons. The van der Waals surface area contributed by atoms with E-state index in [0.29, 0.717) is 0 Å². The molecule has 2 aliphatic heterocycles. The minimum absolute atomic E-state index is 0.0369. The molecular formula is C17H23N3O2. The third kappa shape index (κ3) is 2.45. The number of carbonyl (C=O) groups is 2. The second kappa shape index (κ2) is 5.99. The molecule has 0 aliphatic carbocycles. The minimum Gasteiger partial charge on any atom is -0.324 e. The maximum atomic E-state index is 13.0. The predicted octanol–water partition coefficient (Wildman–Crippen LogP) is 3.08. The van der Waals surface area contributed by atoms with E-state index in [1.165, 1.54) is 0 Å². The summed E-state index contributed by atoms with van der Waals surface area (Å²) in [7, 11) is 0. The molecule has 1 N–H and O–H groups in total. The Hall–Kier alpha value is -2.04. The molecule has 1 fully saturated rings. The number of carbonyl (C=O) groups excluding carboxylic acids is 2.